The van der Waals surface area contributed by atoms with Gasteiger partial charge in [-0.05, 0) is 65.4 Å². The third-order valence-electron chi connectivity index (χ3n) is 4.85. The molecule has 0 unspecified atom stereocenters. The number of imide groups is 1. The van der Waals surface area contributed by atoms with Crippen molar-refractivity contribution in [3.8, 4) is 5.75 Å². The number of hydrogen-bond donors (Lipinski definition) is 0. The van der Waals surface area contributed by atoms with E-state index in [0.29, 0.717) is 16.3 Å². The van der Waals surface area contributed by atoms with Crippen molar-refractivity contribution in [2.24, 2.45) is 0 Å². The van der Waals surface area contributed by atoms with Gasteiger partial charge in [0.05, 0.1) is 28.6 Å². The quantitative estimate of drug-likeness (QED) is 0.234. The number of esters is 1. The maximum absolute atomic E-state index is 12.8. The summed E-state index contributed by atoms with van der Waals surface area (Å²) in [4.78, 5) is 38.0. The van der Waals surface area contributed by atoms with Gasteiger partial charge in [-0.1, -0.05) is 46.9 Å². The van der Waals surface area contributed by atoms with Gasteiger partial charge in [0.1, 0.15) is 12.4 Å². The summed E-state index contributed by atoms with van der Waals surface area (Å²) in [7, 11) is 1.22. The van der Waals surface area contributed by atoms with Crippen molar-refractivity contribution in [2.45, 2.75) is 13.2 Å². The van der Waals surface area contributed by atoms with Crippen LogP contribution in [-0.2, 0) is 22.7 Å². The lowest BCUT2D eigenvalue weighted by Crippen LogP contribution is -2.27. The largest absolute Gasteiger partial charge is 0.486 e. The molecule has 1 saturated heterocycles. The van der Waals surface area contributed by atoms with Gasteiger partial charge in [-0.25, -0.2) is 4.79 Å². The van der Waals surface area contributed by atoms with Crippen LogP contribution in [0.15, 0.2) is 57.9 Å². The fourth-order valence-electron chi connectivity index (χ4n) is 3.15. The lowest BCUT2D eigenvalue weighted by atomic mass is 10.2. The van der Waals surface area contributed by atoms with E-state index in [4.69, 9.17) is 44.0 Å². The number of carbonyl (C=O) groups excluding carboxylic acids is 3. The molecule has 1 aliphatic heterocycles. The van der Waals surface area contributed by atoms with Crippen LogP contribution in [0.5, 0.6) is 5.75 Å². The molecule has 35 heavy (non-hydrogen) atoms. The zero-order chi connectivity index (χ0) is 25.1. The van der Waals surface area contributed by atoms with E-state index in [1.807, 2.05) is 12.1 Å². The summed E-state index contributed by atoms with van der Waals surface area (Å²) in [6.45, 7) is 0.108. The van der Waals surface area contributed by atoms with Crippen molar-refractivity contribution >= 4 is 69.8 Å². The van der Waals surface area contributed by atoms with E-state index in [1.165, 1.54) is 25.3 Å². The molecule has 4 rings (SSSR count). The number of benzene rings is 2. The van der Waals surface area contributed by atoms with Crippen LogP contribution in [0.1, 0.15) is 27.4 Å². The second-order valence-electron chi connectivity index (χ2n) is 7.25. The Hall–Kier alpha value is -2.91. The highest BCUT2D eigenvalue weighted by Crippen LogP contribution is 2.38. The van der Waals surface area contributed by atoms with Crippen molar-refractivity contribution in [1.29, 1.82) is 0 Å². The molecule has 0 bridgehead atoms. The van der Waals surface area contributed by atoms with Crippen LogP contribution >= 0.6 is 46.6 Å². The Bertz CT molecular complexity index is 1310. The van der Waals surface area contributed by atoms with Crippen LogP contribution in [0.3, 0.4) is 0 Å². The van der Waals surface area contributed by atoms with E-state index in [9.17, 15) is 14.4 Å². The first kappa shape index (κ1) is 25.2. The number of hydrogen-bond acceptors (Lipinski definition) is 7. The zero-order valence-corrected chi connectivity index (χ0v) is 21.1. The highest BCUT2D eigenvalue weighted by molar-refractivity contribution is 8.18. The molecule has 7 nitrogen and oxygen atoms in total. The molecular formula is C24H16Cl3NO6S. The molecule has 0 spiro atoms. The maximum Gasteiger partial charge on any atom is 0.373 e. The maximum atomic E-state index is 12.8. The Morgan fingerprint density at radius 1 is 1.06 bits per heavy atom. The lowest BCUT2D eigenvalue weighted by Gasteiger charge is -2.11. The molecule has 0 N–H and O–H groups in total. The summed E-state index contributed by atoms with van der Waals surface area (Å²) >= 11 is 19.4. The highest BCUT2D eigenvalue weighted by Gasteiger charge is 2.36. The van der Waals surface area contributed by atoms with Gasteiger partial charge in [-0.2, -0.15) is 0 Å². The fourth-order valence-corrected chi connectivity index (χ4v) is 4.73. The minimum Gasteiger partial charge on any atom is -0.486 e. The minimum absolute atomic E-state index is 0.0207. The summed E-state index contributed by atoms with van der Waals surface area (Å²) in [5.41, 5.74) is 1.41. The number of amides is 2. The molecule has 11 heteroatoms. The molecule has 2 heterocycles. The van der Waals surface area contributed by atoms with E-state index in [1.54, 1.807) is 24.3 Å². The monoisotopic (exact) mass is 551 g/mol. The lowest BCUT2D eigenvalue weighted by molar-refractivity contribution is -0.123. The van der Waals surface area contributed by atoms with Gasteiger partial charge in [0.25, 0.3) is 11.1 Å². The standard InChI is InChI=1S/C24H16Cl3NO6S/c1-32-23(30)19-7-6-16(34-19)11-28-22(29)20(35-24(28)31)10-14-8-17(26)21(18(27)9-14)33-12-13-2-4-15(25)5-3-13/h2-10H,11-12H2,1H3/b20-10+. The topological polar surface area (TPSA) is 86.0 Å². The van der Waals surface area contributed by atoms with Crippen LogP contribution in [0.25, 0.3) is 6.08 Å². The zero-order valence-electron chi connectivity index (χ0n) is 18.0. The first-order valence-corrected chi connectivity index (χ1v) is 12.0. The average molecular weight is 553 g/mol. The van der Waals surface area contributed by atoms with Crippen LogP contribution in [-0.4, -0.2) is 29.1 Å². The molecule has 1 fully saturated rings. The molecule has 3 aromatic rings. The SMILES string of the molecule is COC(=O)c1ccc(CN2C(=O)S/C(=C/c3cc(Cl)c(OCc4ccc(Cl)cc4)c(Cl)c3)C2=O)o1. The predicted octanol–water partition coefficient (Wildman–Crippen LogP) is 6.84. The van der Waals surface area contributed by atoms with Crippen molar-refractivity contribution in [2.75, 3.05) is 7.11 Å². The van der Waals surface area contributed by atoms with Gasteiger partial charge in [0.15, 0.2) is 5.75 Å². The van der Waals surface area contributed by atoms with Gasteiger partial charge in [-0.15, -0.1) is 0 Å². The first-order valence-electron chi connectivity index (χ1n) is 10.0. The molecule has 2 aromatic carbocycles. The average Bonchev–Trinajstić information content (AvgIpc) is 3.39. The van der Waals surface area contributed by atoms with E-state index in [2.05, 4.69) is 4.74 Å². The summed E-state index contributed by atoms with van der Waals surface area (Å²) < 4.78 is 15.7. The van der Waals surface area contributed by atoms with E-state index >= 15 is 0 Å². The second kappa shape index (κ2) is 10.8. The second-order valence-corrected chi connectivity index (χ2v) is 9.50. The van der Waals surface area contributed by atoms with Crippen LogP contribution in [0.4, 0.5) is 4.79 Å². The number of thioether (sulfide) groups is 1. The van der Waals surface area contributed by atoms with Gasteiger partial charge < -0.3 is 13.9 Å². The molecule has 0 atom stereocenters. The minimum atomic E-state index is -0.653. The number of rotatable bonds is 7. The number of halogens is 3. The highest BCUT2D eigenvalue weighted by atomic mass is 35.5. The smallest absolute Gasteiger partial charge is 0.373 e. The summed E-state index contributed by atoms with van der Waals surface area (Å²) in [5, 5.41) is 0.650. The van der Waals surface area contributed by atoms with Crippen molar-refractivity contribution in [3.05, 3.63) is 91.2 Å². The molecule has 0 aliphatic carbocycles. The molecular weight excluding hydrogens is 537 g/mol. The van der Waals surface area contributed by atoms with Gasteiger partial charge in [0.2, 0.25) is 5.76 Å². The fraction of sp³-hybridized carbons (Fsp3) is 0.125. The van der Waals surface area contributed by atoms with Crippen LogP contribution in [0.2, 0.25) is 15.1 Å². The number of nitrogens with zero attached hydrogens (tertiary/aromatic N) is 1. The number of ether oxygens (including phenoxy) is 2. The third-order valence-corrected chi connectivity index (χ3v) is 6.57. The van der Waals surface area contributed by atoms with Crippen LogP contribution in [0, 0.1) is 0 Å². The van der Waals surface area contributed by atoms with Gasteiger partial charge in [-0.3, -0.25) is 14.5 Å². The van der Waals surface area contributed by atoms with Gasteiger partial charge >= 0.3 is 5.97 Å². The summed E-state index contributed by atoms with van der Waals surface area (Å²) in [6, 6.07) is 13.3. The number of furan rings is 1. The Morgan fingerprint density at radius 2 is 1.74 bits per heavy atom. The van der Waals surface area contributed by atoms with E-state index in [-0.39, 0.29) is 39.6 Å². The van der Waals surface area contributed by atoms with E-state index in [0.717, 1.165) is 22.2 Å². The summed E-state index contributed by atoms with van der Waals surface area (Å²) in [5.74, 6) is -0.617. The first-order chi connectivity index (χ1) is 16.7. The van der Waals surface area contributed by atoms with E-state index < -0.39 is 17.1 Å². The molecule has 0 radical (unpaired) electrons. The third kappa shape index (κ3) is 5.85. The Labute approximate surface area is 219 Å². The number of methoxy groups -OCH3 is 1. The van der Waals surface area contributed by atoms with Crippen molar-refractivity contribution in [3.63, 3.8) is 0 Å². The molecule has 1 aromatic heterocycles. The van der Waals surface area contributed by atoms with Crippen molar-refractivity contribution in [1.82, 2.24) is 4.90 Å². The summed E-state index contributed by atoms with van der Waals surface area (Å²) in [6.07, 6.45) is 1.52. The van der Waals surface area contributed by atoms with Gasteiger partial charge in [0, 0.05) is 5.02 Å². The van der Waals surface area contributed by atoms with Crippen LogP contribution < -0.4 is 4.74 Å². The van der Waals surface area contributed by atoms with Crippen molar-refractivity contribution < 1.29 is 28.3 Å². The Kier molecular flexibility index (Phi) is 7.76. The predicted molar refractivity (Wildman–Crippen MR) is 134 cm³/mol. The Balaban J connectivity index is 1.47. The Morgan fingerprint density at radius 3 is 2.40 bits per heavy atom. The molecule has 0 saturated carbocycles. The number of carbonyl (C=O) groups is 3. The molecule has 2 amide bonds. The molecule has 180 valence electrons. The normalized spacial score (nSPS) is 14.6. The molecule has 1 aliphatic rings.